The molecule has 0 spiro atoms. The Morgan fingerprint density at radius 1 is 1.12 bits per heavy atom. The summed E-state index contributed by atoms with van der Waals surface area (Å²) in [5.41, 5.74) is 2.54. The van der Waals surface area contributed by atoms with Crippen LogP contribution in [0.3, 0.4) is 0 Å². The second-order valence-electron chi connectivity index (χ2n) is 6.38. The number of imide groups is 1. The van der Waals surface area contributed by atoms with E-state index in [0.717, 1.165) is 16.5 Å². The molecular formula is C18H17N3O3. The van der Waals surface area contributed by atoms with Crippen molar-refractivity contribution in [3.05, 3.63) is 41.6 Å². The van der Waals surface area contributed by atoms with Gasteiger partial charge in [-0.2, -0.15) is 0 Å². The Morgan fingerprint density at radius 3 is 2.54 bits per heavy atom. The average Bonchev–Trinajstić information content (AvgIpc) is 2.86. The SMILES string of the molecule is Cc1ccnc2ccc(C(=O)N3CC(N4C(=O)CCC4=O)C3)cc12. The van der Waals surface area contributed by atoms with Gasteiger partial charge >= 0.3 is 0 Å². The lowest BCUT2D eigenvalue weighted by atomic mass is 10.0. The highest BCUT2D eigenvalue weighted by atomic mass is 16.2. The number of likely N-dealkylation sites (tertiary alicyclic amines) is 2. The predicted octanol–water partition coefficient (Wildman–Crippen LogP) is 1.52. The van der Waals surface area contributed by atoms with Crippen molar-refractivity contribution in [3.8, 4) is 0 Å². The van der Waals surface area contributed by atoms with Crippen molar-refractivity contribution >= 4 is 28.6 Å². The molecule has 2 aliphatic heterocycles. The van der Waals surface area contributed by atoms with Gasteiger partial charge < -0.3 is 4.90 Å². The van der Waals surface area contributed by atoms with E-state index in [2.05, 4.69) is 4.98 Å². The monoisotopic (exact) mass is 323 g/mol. The maximum atomic E-state index is 12.6. The summed E-state index contributed by atoms with van der Waals surface area (Å²) >= 11 is 0. The predicted molar refractivity (Wildman–Crippen MR) is 87.3 cm³/mol. The quantitative estimate of drug-likeness (QED) is 0.786. The summed E-state index contributed by atoms with van der Waals surface area (Å²) in [5, 5.41) is 0.963. The first-order valence-electron chi connectivity index (χ1n) is 8.04. The molecule has 0 unspecified atom stereocenters. The fourth-order valence-electron chi connectivity index (χ4n) is 3.38. The summed E-state index contributed by atoms with van der Waals surface area (Å²) < 4.78 is 0. The van der Waals surface area contributed by atoms with E-state index in [-0.39, 0.29) is 23.8 Å². The van der Waals surface area contributed by atoms with E-state index in [1.807, 2.05) is 25.1 Å². The third-order valence-corrected chi connectivity index (χ3v) is 4.81. The van der Waals surface area contributed by atoms with Crippen LogP contribution in [-0.4, -0.2) is 51.6 Å². The van der Waals surface area contributed by atoms with Crippen molar-refractivity contribution < 1.29 is 14.4 Å². The van der Waals surface area contributed by atoms with Gasteiger partial charge in [-0.15, -0.1) is 0 Å². The van der Waals surface area contributed by atoms with Gasteiger partial charge in [-0.25, -0.2) is 0 Å². The number of pyridine rings is 1. The van der Waals surface area contributed by atoms with Gasteiger partial charge in [-0.3, -0.25) is 24.3 Å². The number of aromatic nitrogens is 1. The molecule has 6 nitrogen and oxygen atoms in total. The highest BCUT2D eigenvalue weighted by Crippen LogP contribution is 2.25. The van der Waals surface area contributed by atoms with Gasteiger partial charge in [-0.05, 0) is 36.8 Å². The molecule has 24 heavy (non-hydrogen) atoms. The van der Waals surface area contributed by atoms with E-state index in [0.29, 0.717) is 31.5 Å². The normalized spacial score (nSPS) is 18.4. The minimum Gasteiger partial charge on any atom is -0.334 e. The van der Waals surface area contributed by atoms with Crippen LogP contribution in [0.15, 0.2) is 30.5 Å². The highest BCUT2D eigenvalue weighted by Gasteiger charge is 2.42. The van der Waals surface area contributed by atoms with Gasteiger partial charge in [0.05, 0.1) is 11.6 Å². The number of carbonyl (C=O) groups is 3. The smallest absolute Gasteiger partial charge is 0.254 e. The van der Waals surface area contributed by atoms with Crippen molar-refractivity contribution in [2.24, 2.45) is 0 Å². The first-order valence-corrected chi connectivity index (χ1v) is 8.04. The number of fused-ring (bicyclic) bond motifs is 1. The number of carbonyl (C=O) groups excluding carboxylic acids is 3. The van der Waals surface area contributed by atoms with Gasteiger partial charge in [0.15, 0.2) is 0 Å². The van der Waals surface area contributed by atoms with E-state index in [9.17, 15) is 14.4 Å². The molecule has 1 aromatic heterocycles. The summed E-state index contributed by atoms with van der Waals surface area (Å²) in [5.74, 6) is -0.315. The van der Waals surface area contributed by atoms with Crippen molar-refractivity contribution in [3.63, 3.8) is 0 Å². The maximum absolute atomic E-state index is 12.6. The molecule has 122 valence electrons. The van der Waals surface area contributed by atoms with Gasteiger partial charge in [0.1, 0.15) is 0 Å². The van der Waals surface area contributed by atoms with Crippen LogP contribution in [0.1, 0.15) is 28.8 Å². The van der Waals surface area contributed by atoms with Crippen molar-refractivity contribution in [1.29, 1.82) is 0 Å². The first kappa shape index (κ1) is 14.8. The average molecular weight is 323 g/mol. The molecule has 0 aliphatic carbocycles. The maximum Gasteiger partial charge on any atom is 0.254 e. The van der Waals surface area contributed by atoms with Crippen molar-refractivity contribution in [1.82, 2.24) is 14.8 Å². The molecule has 1 aromatic carbocycles. The molecule has 2 aromatic rings. The number of hydrogen-bond donors (Lipinski definition) is 0. The summed E-state index contributed by atoms with van der Waals surface area (Å²) in [4.78, 5) is 43.4. The lowest BCUT2D eigenvalue weighted by Crippen LogP contribution is -2.62. The van der Waals surface area contributed by atoms with Crippen LogP contribution >= 0.6 is 0 Å². The molecule has 2 fully saturated rings. The summed E-state index contributed by atoms with van der Waals surface area (Å²) in [7, 11) is 0. The van der Waals surface area contributed by atoms with Crippen LogP contribution in [0.5, 0.6) is 0 Å². The fraction of sp³-hybridized carbons (Fsp3) is 0.333. The number of hydrogen-bond acceptors (Lipinski definition) is 4. The van der Waals surface area contributed by atoms with Crippen LogP contribution in [-0.2, 0) is 9.59 Å². The summed E-state index contributed by atoms with van der Waals surface area (Å²) in [6, 6.07) is 7.23. The summed E-state index contributed by atoms with van der Waals surface area (Å²) in [6.07, 6.45) is 2.34. The zero-order chi connectivity index (χ0) is 16.8. The van der Waals surface area contributed by atoms with Crippen LogP contribution in [0.25, 0.3) is 10.9 Å². The Balaban J connectivity index is 1.51. The minimum atomic E-state index is -0.166. The fourth-order valence-corrected chi connectivity index (χ4v) is 3.38. The first-order chi connectivity index (χ1) is 11.5. The Kier molecular flexibility index (Phi) is 3.33. The van der Waals surface area contributed by atoms with Crippen LogP contribution in [0, 0.1) is 6.92 Å². The molecule has 0 N–H and O–H groups in total. The number of aryl methyl sites for hydroxylation is 1. The lowest BCUT2D eigenvalue weighted by molar-refractivity contribution is -0.144. The van der Waals surface area contributed by atoms with E-state index in [1.165, 1.54) is 4.90 Å². The zero-order valence-corrected chi connectivity index (χ0v) is 13.4. The van der Waals surface area contributed by atoms with Crippen molar-refractivity contribution in [2.75, 3.05) is 13.1 Å². The number of rotatable bonds is 2. The number of nitrogens with zero attached hydrogens (tertiary/aromatic N) is 3. The number of benzene rings is 1. The molecule has 3 amide bonds. The van der Waals surface area contributed by atoms with Gasteiger partial charge in [0, 0.05) is 43.1 Å². The highest BCUT2D eigenvalue weighted by molar-refractivity contribution is 6.03. The molecule has 6 heteroatoms. The molecule has 0 saturated carbocycles. The third kappa shape index (κ3) is 2.26. The van der Waals surface area contributed by atoms with Crippen molar-refractivity contribution in [2.45, 2.75) is 25.8 Å². The Morgan fingerprint density at radius 2 is 1.83 bits per heavy atom. The Hall–Kier alpha value is -2.76. The molecular weight excluding hydrogens is 306 g/mol. The zero-order valence-electron chi connectivity index (χ0n) is 13.4. The van der Waals surface area contributed by atoms with Crippen LogP contribution < -0.4 is 0 Å². The third-order valence-electron chi connectivity index (χ3n) is 4.81. The van der Waals surface area contributed by atoms with Crippen LogP contribution in [0.4, 0.5) is 0 Å². The second kappa shape index (κ2) is 5.40. The van der Waals surface area contributed by atoms with E-state index >= 15 is 0 Å². The van der Waals surface area contributed by atoms with Gasteiger partial charge in [0.2, 0.25) is 11.8 Å². The van der Waals surface area contributed by atoms with E-state index < -0.39 is 0 Å². The van der Waals surface area contributed by atoms with Gasteiger partial charge in [-0.1, -0.05) is 0 Å². The Bertz CT molecular complexity index is 855. The number of amides is 3. The van der Waals surface area contributed by atoms with E-state index in [4.69, 9.17) is 0 Å². The summed E-state index contributed by atoms with van der Waals surface area (Å²) in [6.45, 7) is 2.82. The lowest BCUT2D eigenvalue weighted by Gasteiger charge is -2.43. The largest absolute Gasteiger partial charge is 0.334 e. The van der Waals surface area contributed by atoms with E-state index in [1.54, 1.807) is 17.2 Å². The molecule has 0 atom stereocenters. The molecule has 0 radical (unpaired) electrons. The molecule has 3 heterocycles. The minimum absolute atomic E-state index is 0.0736. The molecule has 4 rings (SSSR count). The van der Waals surface area contributed by atoms with Gasteiger partial charge in [0.25, 0.3) is 5.91 Å². The second-order valence-corrected chi connectivity index (χ2v) is 6.38. The van der Waals surface area contributed by atoms with Crippen LogP contribution in [0.2, 0.25) is 0 Å². The standard InChI is InChI=1S/C18H17N3O3/c1-11-6-7-19-15-3-2-12(8-14(11)15)18(24)20-9-13(10-20)21-16(22)4-5-17(21)23/h2-3,6-8,13H,4-5,9-10H2,1H3. The molecule has 2 saturated heterocycles. The topological polar surface area (TPSA) is 70.6 Å². The molecule has 2 aliphatic rings. The molecule has 0 bridgehead atoms. The Labute approximate surface area is 139 Å².